The van der Waals surface area contributed by atoms with E-state index < -0.39 is 16.4 Å². The lowest BCUT2D eigenvalue weighted by Gasteiger charge is -2.25. The summed E-state index contributed by atoms with van der Waals surface area (Å²) in [5.74, 6) is -0.401. The van der Waals surface area contributed by atoms with Gasteiger partial charge in [-0.05, 0) is 19.9 Å². The van der Waals surface area contributed by atoms with Gasteiger partial charge in [-0.15, -0.1) is 0 Å². The van der Waals surface area contributed by atoms with Gasteiger partial charge in [-0.25, -0.2) is 0 Å². The van der Waals surface area contributed by atoms with Crippen LogP contribution in [0.4, 0.5) is 5.69 Å². The molecule has 19 heavy (non-hydrogen) atoms. The van der Waals surface area contributed by atoms with Gasteiger partial charge in [0.25, 0.3) is 11.6 Å². The fourth-order valence-electron chi connectivity index (χ4n) is 1.65. The average molecular weight is 287 g/mol. The zero-order chi connectivity index (χ0) is 14.8. The van der Waals surface area contributed by atoms with E-state index in [0.717, 1.165) is 6.07 Å². The highest BCUT2D eigenvalue weighted by Gasteiger charge is 2.22. The van der Waals surface area contributed by atoms with Crippen LogP contribution in [0.1, 0.15) is 24.2 Å². The van der Waals surface area contributed by atoms with Gasteiger partial charge in [-0.1, -0.05) is 11.6 Å². The number of benzene rings is 1. The molecule has 1 rings (SSSR count). The number of likely N-dealkylation sites (N-methyl/N-ethyl adjacent to an activating group) is 1. The topological polar surface area (TPSA) is 83.7 Å². The zero-order valence-corrected chi connectivity index (χ0v) is 11.6. The highest BCUT2D eigenvalue weighted by Crippen LogP contribution is 2.23. The van der Waals surface area contributed by atoms with Crippen LogP contribution in [0.25, 0.3) is 0 Å². The minimum absolute atomic E-state index is 0.0156. The second kappa shape index (κ2) is 5.54. The maximum atomic E-state index is 12.1. The third-order valence-corrected chi connectivity index (χ3v) is 2.68. The molecule has 104 valence electrons. The van der Waals surface area contributed by atoms with Gasteiger partial charge in [0.15, 0.2) is 0 Å². The van der Waals surface area contributed by atoms with Gasteiger partial charge in [0.2, 0.25) is 0 Å². The van der Waals surface area contributed by atoms with Gasteiger partial charge in [-0.2, -0.15) is 0 Å². The van der Waals surface area contributed by atoms with E-state index in [1.807, 2.05) is 0 Å². The number of rotatable bonds is 4. The normalized spacial score (nSPS) is 11.2. The van der Waals surface area contributed by atoms with Gasteiger partial charge in [0.1, 0.15) is 0 Å². The smallest absolute Gasteiger partial charge is 0.270 e. The molecule has 0 radical (unpaired) electrons. The molecule has 0 saturated carbocycles. The molecular weight excluding hydrogens is 272 g/mol. The van der Waals surface area contributed by atoms with Crippen molar-refractivity contribution in [3.05, 3.63) is 38.9 Å². The van der Waals surface area contributed by atoms with Crippen LogP contribution in [-0.4, -0.2) is 40.0 Å². The summed E-state index contributed by atoms with van der Waals surface area (Å²) < 4.78 is 0. The molecule has 1 N–H and O–H groups in total. The van der Waals surface area contributed by atoms with Crippen molar-refractivity contribution in [3.8, 4) is 0 Å². The van der Waals surface area contributed by atoms with Gasteiger partial charge in [0.05, 0.1) is 21.1 Å². The first kappa shape index (κ1) is 15.4. The highest BCUT2D eigenvalue weighted by molar-refractivity contribution is 6.34. The second-order valence-corrected chi connectivity index (χ2v) is 5.30. The Hall–Kier alpha value is -1.66. The molecule has 0 aliphatic carbocycles. The summed E-state index contributed by atoms with van der Waals surface area (Å²) in [7, 11) is 1.53. The Morgan fingerprint density at radius 2 is 2.11 bits per heavy atom. The van der Waals surface area contributed by atoms with Crippen LogP contribution >= 0.6 is 11.6 Å². The summed E-state index contributed by atoms with van der Waals surface area (Å²) in [4.78, 5) is 23.4. The molecule has 0 aliphatic heterocycles. The van der Waals surface area contributed by atoms with Crippen molar-refractivity contribution in [2.24, 2.45) is 0 Å². The summed E-state index contributed by atoms with van der Waals surface area (Å²) in [6.07, 6.45) is 0. The maximum absolute atomic E-state index is 12.1. The quantitative estimate of drug-likeness (QED) is 0.678. The number of halogens is 1. The standard InChI is InChI=1S/C12H15ClN2O4/c1-12(2,17)7-14(3)11(16)9-5-4-8(15(18)19)6-10(9)13/h4-6,17H,7H2,1-3H3. The molecule has 0 unspecified atom stereocenters. The largest absolute Gasteiger partial charge is 0.389 e. The summed E-state index contributed by atoms with van der Waals surface area (Å²) in [5, 5.41) is 20.2. The summed E-state index contributed by atoms with van der Waals surface area (Å²) in [6, 6.07) is 3.66. The van der Waals surface area contributed by atoms with Crippen LogP contribution in [0.2, 0.25) is 5.02 Å². The number of aliphatic hydroxyl groups is 1. The molecule has 6 nitrogen and oxygen atoms in total. The number of hydrogen-bond acceptors (Lipinski definition) is 4. The molecule has 0 saturated heterocycles. The first-order chi connectivity index (χ1) is 8.61. The van der Waals surface area contributed by atoms with E-state index in [-0.39, 0.29) is 22.8 Å². The number of nitro benzene ring substituents is 1. The molecule has 1 amide bonds. The van der Waals surface area contributed by atoms with Crippen LogP contribution in [0.5, 0.6) is 0 Å². The van der Waals surface area contributed by atoms with E-state index in [4.69, 9.17) is 11.6 Å². The SMILES string of the molecule is CN(CC(C)(C)O)C(=O)c1ccc([N+](=O)[O-])cc1Cl. The maximum Gasteiger partial charge on any atom is 0.270 e. The monoisotopic (exact) mass is 286 g/mol. The van der Waals surface area contributed by atoms with E-state index in [0.29, 0.717) is 0 Å². The second-order valence-electron chi connectivity index (χ2n) is 4.89. The van der Waals surface area contributed by atoms with Crippen molar-refractivity contribution in [2.75, 3.05) is 13.6 Å². The molecular formula is C12H15ClN2O4. The number of nitro groups is 1. The van der Waals surface area contributed by atoms with Crippen LogP contribution in [0.15, 0.2) is 18.2 Å². The molecule has 0 aliphatic rings. The minimum Gasteiger partial charge on any atom is -0.389 e. The van der Waals surface area contributed by atoms with Crippen LogP contribution in [-0.2, 0) is 0 Å². The van der Waals surface area contributed by atoms with Crippen molar-refractivity contribution in [3.63, 3.8) is 0 Å². The predicted octanol–water partition coefficient (Wildman–Crippen LogP) is 2.09. The van der Waals surface area contributed by atoms with Crippen molar-refractivity contribution >= 4 is 23.2 Å². The molecule has 0 fully saturated rings. The molecule has 0 spiro atoms. The Balaban J connectivity index is 2.97. The fourth-order valence-corrected chi connectivity index (χ4v) is 1.90. The number of carbonyl (C=O) groups excluding carboxylic acids is 1. The van der Waals surface area contributed by atoms with E-state index >= 15 is 0 Å². The molecule has 0 atom stereocenters. The summed E-state index contributed by atoms with van der Waals surface area (Å²) >= 11 is 5.87. The molecule has 0 heterocycles. The van der Waals surface area contributed by atoms with Crippen molar-refractivity contribution in [1.29, 1.82) is 0 Å². The van der Waals surface area contributed by atoms with Crippen LogP contribution in [0, 0.1) is 10.1 Å². The molecule has 1 aromatic carbocycles. The minimum atomic E-state index is -1.03. The lowest BCUT2D eigenvalue weighted by Crippen LogP contribution is -2.39. The highest BCUT2D eigenvalue weighted by atomic mass is 35.5. The van der Waals surface area contributed by atoms with Crippen LogP contribution in [0.3, 0.4) is 0 Å². The Kier molecular flexibility index (Phi) is 4.49. The third-order valence-electron chi connectivity index (χ3n) is 2.36. The Labute approximate surface area is 115 Å². The molecule has 1 aromatic rings. The zero-order valence-electron chi connectivity index (χ0n) is 10.9. The molecule has 0 bridgehead atoms. The number of hydrogen-bond donors (Lipinski definition) is 1. The Morgan fingerprint density at radius 3 is 2.53 bits per heavy atom. The molecule has 7 heteroatoms. The molecule has 0 aromatic heterocycles. The average Bonchev–Trinajstić information content (AvgIpc) is 2.25. The van der Waals surface area contributed by atoms with Crippen molar-refractivity contribution in [1.82, 2.24) is 4.90 Å². The Bertz CT molecular complexity index is 511. The summed E-state index contributed by atoms with van der Waals surface area (Å²) in [5.41, 5.74) is -1.04. The van der Waals surface area contributed by atoms with Gasteiger partial charge in [-0.3, -0.25) is 14.9 Å². The predicted molar refractivity (Wildman–Crippen MR) is 71.4 cm³/mol. The number of amides is 1. The van der Waals surface area contributed by atoms with Gasteiger partial charge >= 0.3 is 0 Å². The summed E-state index contributed by atoms with van der Waals surface area (Å²) in [6.45, 7) is 3.28. The van der Waals surface area contributed by atoms with Crippen molar-refractivity contribution < 1.29 is 14.8 Å². The lowest BCUT2D eigenvalue weighted by atomic mass is 10.1. The number of non-ortho nitro benzene ring substituents is 1. The lowest BCUT2D eigenvalue weighted by molar-refractivity contribution is -0.384. The van der Waals surface area contributed by atoms with Gasteiger partial charge in [0, 0.05) is 25.7 Å². The van der Waals surface area contributed by atoms with Gasteiger partial charge < -0.3 is 10.0 Å². The van der Waals surface area contributed by atoms with Crippen molar-refractivity contribution in [2.45, 2.75) is 19.4 Å². The Morgan fingerprint density at radius 1 is 1.53 bits per heavy atom. The fraction of sp³-hybridized carbons (Fsp3) is 0.417. The number of nitrogens with zero attached hydrogens (tertiary/aromatic N) is 2. The first-order valence-electron chi connectivity index (χ1n) is 5.53. The van der Waals surface area contributed by atoms with E-state index in [1.165, 1.54) is 24.1 Å². The van der Waals surface area contributed by atoms with E-state index in [9.17, 15) is 20.0 Å². The third kappa shape index (κ3) is 4.18. The number of carbonyl (C=O) groups is 1. The first-order valence-corrected chi connectivity index (χ1v) is 5.91. The van der Waals surface area contributed by atoms with E-state index in [1.54, 1.807) is 13.8 Å². The van der Waals surface area contributed by atoms with E-state index in [2.05, 4.69) is 0 Å². The van der Waals surface area contributed by atoms with Crippen LogP contribution < -0.4 is 0 Å².